The molecule has 0 aromatic heterocycles. The average molecular weight is 166 g/mol. The zero-order valence-electron chi connectivity index (χ0n) is 7.38. The Bertz CT molecular complexity index is 232. The van der Waals surface area contributed by atoms with Gasteiger partial charge in [-0.2, -0.15) is 0 Å². The van der Waals surface area contributed by atoms with Crippen LogP contribution in [0, 0.1) is 5.92 Å². The van der Waals surface area contributed by atoms with Crippen LogP contribution >= 0.6 is 0 Å². The summed E-state index contributed by atoms with van der Waals surface area (Å²) < 4.78 is 5.42. The summed E-state index contributed by atoms with van der Waals surface area (Å²) in [5, 5.41) is 0. The first kappa shape index (κ1) is 7.84. The first-order chi connectivity index (χ1) is 5.73. The largest absolute Gasteiger partial charge is 0.455 e. The van der Waals surface area contributed by atoms with Gasteiger partial charge in [0.15, 0.2) is 0 Å². The van der Waals surface area contributed by atoms with Gasteiger partial charge >= 0.3 is 5.97 Å². The fourth-order valence-electron chi connectivity index (χ4n) is 2.30. The number of rotatable bonds is 0. The summed E-state index contributed by atoms with van der Waals surface area (Å²) >= 11 is 0. The van der Waals surface area contributed by atoms with Crippen LogP contribution in [0.25, 0.3) is 0 Å². The Morgan fingerprint density at radius 2 is 2.50 bits per heavy atom. The molecule has 66 valence electrons. The van der Waals surface area contributed by atoms with E-state index in [9.17, 15) is 4.79 Å². The summed E-state index contributed by atoms with van der Waals surface area (Å²) in [4.78, 5) is 11.1. The number of hydrogen-bond acceptors (Lipinski definition) is 2. The highest BCUT2D eigenvalue weighted by Gasteiger charge is 2.43. The summed E-state index contributed by atoms with van der Waals surface area (Å²) in [6.07, 6.45) is 7.84. The predicted molar refractivity (Wildman–Crippen MR) is 45.6 cm³/mol. The van der Waals surface area contributed by atoms with E-state index in [1.165, 1.54) is 18.9 Å². The molecule has 12 heavy (non-hydrogen) atoms. The summed E-state index contributed by atoms with van der Waals surface area (Å²) in [5.74, 6) is 0.376. The van der Waals surface area contributed by atoms with Crippen molar-refractivity contribution >= 4 is 5.97 Å². The van der Waals surface area contributed by atoms with Crippen molar-refractivity contribution in [2.45, 2.75) is 38.2 Å². The standard InChI is InChI=1S/C10H14O2/c1-8-4-2-6-10(8)7-3-5-9(11)12-10/h3,5,8H,2,4,6-7H2,1H3. The molecule has 2 unspecified atom stereocenters. The van der Waals surface area contributed by atoms with Crippen molar-refractivity contribution < 1.29 is 9.53 Å². The summed E-state index contributed by atoms with van der Waals surface area (Å²) in [6, 6.07) is 0. The van der Waals surface area contributed by atoms with E-state index in [2.05, 4.69) is 6.92 Å². The Hall–Kier alpha value is -0.790. The van der Waals surface area contributed by atoms with E-state index >= 15 is 0 Å². The van der Waals surface area contributed by atoms with Gasteiger partial charge in [0.25, 0.3) is 0 Å². The Kier molecular flexibility index (Phi) is 1.71. The van der Waals surface area contributed by atoms with Gasteiger partial charge in [0.2, 0.25) is 0 Å². The maximum atomic E-state index is 11.1. The lowest BCUT2D eigenvalue weighted by Crippen LogP contribution is -2.38. The fourth-order valence-corrected chi connectivity index (χ4v) is 2.30. The Morgan fingerprint density at radius 3 is 3.08 bits per heavy atom. The molecule has 1 aliphatic carbocycles. The third kappa shape index (κ3) is 1.06. The smallest absolute Gasteiger partial charge is 0.330 e. The summed E-state index contributed by atoms with van der Waals surface area (Å²) in [7, 11) is 0. The van der Waals surface area contributed by atoms with Crippen molar-refractivity contribution in [2.24, 2.45) is 5.92 Å². The first-order valence-electron chi connectivity index (χ1n) is 4.62. The van der Waals surface area contributed by atoms with Gasteiger partial charge in [-0.05, 0) is 25.2 Å². The average Bonchev–Trinajstić information content (AvgIpc) is 2.33. The number of carbonyl (C=O) groups is 1. The highest BCUT2D eigenvalue weighted by Crippen LogP contribution is 2.42. The van der Waals surface area contributed by atoms with Crippen molar-refractivity contribution in [2.75, 3.05) is 0 Å². The van der Waals surface area contributed by atoms with Crippen molar-refractivity contribution in [3.8, 4) is 0 Å². The number of ether oxygens (including phenoxy) is 1. The summed E-state index contributed by atoms with van der Waals surface area (Å²) in [5.41, 5.74) is -0.133. The molecule has 0 aromatic rings. The van der Waals surface area contributed by atoms with Crippen LogP contribution in [0.15, 0.2) is 12.2 Å². The van der Waals surface area contributed by atoms with Gasteiger partial charge in [0.05, 0.1) is 0 Å². The lowest BCUT2D eigenvalue weighted by atomic mass is 9.87. The quantitative estimate of drug-likeness (QED) is 0.515. The van der Waals surface area contributed by atoms with Crippen LogP contribution in [0.3, 0.4) is 0 Å². The molecule has 0 bridgehead atoms. The van der Waals surface area contributed by atoms with Crippen LogP contribution in [-0.2, 0) is 9.53 Å². The third-order valence-electron chi connectivity index (χ3n) is 3.16. The van der Waals surface area contributed by atoms with Crippen molar-refractivity contribution in [3.05, 3.63) is 12.2 Å². The molecule has 2 atom stereocenters. The second kappa shape index (κ2) is 2.61. The zero-order chi connectivity index (χ0) is 8.60. The van der Waals surface area contributed by atoms with E-state index in [1.54, 1.807) is 0 Å². The van der Waals surface area contributed by atoms with Crippen LogP contribution in [-0.4, -0.2) is 11.6 Å². The molecule has 1 heterocycles. The van der Waals surface area contributed by atoms with E-state index in [0.717, 1.165) is 12.8 Å². The zero-order valence-corrected chi connectivity index (χ0v) is 7.38. The van der Waals surface area contributed by atoms with Crippen molar-refractivity contribution in [3.63, 3.8) is 0 Å². The number of esters is 1. The van der Waals surface area contributed by atoms with E-state index < -0.39 is 0 Å². The minimum atomic E-state index is -0.157. The van der Waals surface area contributed by atoms with E-state index in [-0.39, 0.29) is 11.6 Å². The van der Waals surface area contributed by atoms with Crippen molar-refractivity contribution in [1.29, 1.82) is 0 Å². The second-order valence-electron chi connectivity index (χ2n) is 3.89. The molecule has 1 aliphatic heterocycles. The highest BCUT2D eigenvalue weighted by molar-refractivity contribution is 5.83. The predicted octanol–water partition coefficient (Wildman–Crippen LogP) is 2.05. The molecule has 2 rings (SSSR count). The fraction of sp³-hybridized carbons (Fsp3) is 0.700. The van der Waals surface area contributed by atoms with Gasteiger partial charge in [-0.1, -0.05) is 13.0 Å². The van der Waals surface area contributed by atoms with Gasteiger partial charge in [-0.15, -0.1) is 0 Å². The molecule has 2 heteroatoms. The molecule has 2 aliphatic rings. The molecule has 0 amide bonds. The molecule has 2 nitrogen and oxygen atoms in total. The molecule has 0 aromatic carbocycles. The minimum Gasteiger partial charge on any atom is -0.455 e. The molecular formula is C10H14O2. The monoisotopic (exact) mass is 166 g/mol. The lowest BCUT2D eigenvalue weighted by Gasteiger charge is -2.34. The molecule has 1 spiro atoms. The molecule has 1 saturated carbocycles. The Labute approximate surface area is 72.6 Å². The van der Waals surface area contributed by atoms with E-state index in [1.807, 2.05) is 6.08 Å². The number of hydrogen-bond donors (Lipinski definition) is 0. The maximum Gasteiger partial charge on any atom is 0.330 e. The van der Waals surface area contributed by atoms with Gasteiger partial charge in [0, 0.05) is 12.5 Å². The van der Waals surface area contributed by atoms with Crippen LogP contribution < -0.4 is 0 Å². The van der Waals surface area contributed by atoms with Gasteiger partial charge in [0.1, 0.15) is 5.60 Å². The van der Waals surface area contributed by atoms with Gasteiger partial charge in [-0.3, -0.25) is 0 Å². The summed E-state index contributed by atoms with van der Waals surface area (Å²) in [6.45, 7) is 2.18. The molecule has 0 N–H and O–H groups in total. The van der Waals surface area contributed by atoms with Crippen LogP contribution in [0.2, 0.25) is 0 Å². The van der Waals surface area contributed by atoms with Gasteiger partial charge < -0.3 is 4.74 Å². The van der Waals surface area contributed by atoms with E-state index in [0.29, 0.717) is 5.92 Å². The lowest BCUT2D eigenvalue weighted by molar-refractivity contribution is -0.158. The molecule has 1 fully saturated rings. The minimum absolute atomic E-state index is 0.133. The molecule has 0 saturated heterocycles. The van der Waals surface area contributed by atoms with Crippen LogP contribution in [0.1, 0.15) is 32.6 Å². The number of carbonyl (C=O) groups excluding carboxylic acids is 1. The maximum absolute atomic E-state index is 11.1. The molecular weight excluding hydrogens is 152 g/mol. The van der Waals surface area contributed by atoms with Gasteiger partial charge in [-0.25, -0.2) is 4.79 Å². The van der Waals surface area contributed by atoms with E-state index in [4.69, 9.17) is 4.74 Å². The Morgan fingerprint density at radius 1 is 1.67 bits per heavy atom. The first-order valence-corrected chi connectivity index (χ1v) is 4.62. The topological polar surface area (TPSA) is 26.3 Å². The normalized spacial score (nSPS) is 40.4. The Balaban J connectivity index is 2.21. The highest BCUT2D eigenvalue weighted by atomic mass is 16.6. The SMILES string of the molecule is CC1CCCC12CC=CC(=O)O2. The van der Waals surface area contributed by atoms with Crippen molar-refractivity contribution in [1.82, 2.24) is 0 Å². The van der Waals surface area contributed by atoms with Crippen LogP contribution in [0.4, 0.5) is 0 Å². The second-order valence-corrected chi connectivity index (χ2v) is 3.89. The van der Waals surface area contributed by atoms with Crippen LogP contribution in [0.5, 0.6) is 0 Å². The third-order valence-corrected chi connectivity index (χ3v) is 3.16. The molecule has 0 radical (unpaired) electrons.